The van der Waals surface area contributed by atoms with Crippen molar-refractivity contribution < 1.29 is 20.1 Å². The molecule has 0 atom stereocenters. The number of nitrogens with two attached hydrogens (primary N) is 2. The Hall–Kier alpha value is -1.29. The van der Waals surface area contributed by atoms with Crippen LogP contribution in [0.15, 0.2) is 0 Å². The Balaban J connectivity index is 0. The molecular formula is C4H8N2O4. The molecule has 0 unspecified atom stereocenters. The highest BCUT2D eigenvalue weighted by Gasteiger charge is 2.10. The predicted octanol–water partition coefficient (Wildman–Crippen LogP) is -2.73. The fourth-order valence-corrected chi connectivity index (χ4v) is 0. The van der Waals surface area contributed by atoms with Gasteiger partial charge in [0, 0.05) is 0 Å². The number of aliphatic hydroxyl groups is 3. The Bertz CT molecular complexity index is 138. The molecule has 0 aliphatic carbocycles. The first-order chi connectivity index (χ1) is 4.29. The van der Waals surface area contributed by atoms with Crippen LogP contribution >= 0.6 is 0 Å². The summed E-state index contributed by atoms with van der Waals surface area (Å²) in [4.78, 5) is 9.00. The first-order valence-electron chi connectivity index (χ1n) is 1.99. The summed E-state index contributed by atoms with van der Waals surface area (Å²) in [7, 11) is 0. The maximum absolute atomic E-state index is 9.00. The van der Waals surface area contributed by atoms with Crippen molar-refractivity contribution in [2.45, 2.75) is 5.97 Å². The van der Waals surface area contributed by atoms with Gasteiger partial charge in [-0.3, -0.25) is 0 Å². The van der Waals surface area contributed by atoms with E-state index in [1.54, 1.807) is 0 Å². The van der Waals surface area contributed by atoms with Gasteiger partial charge in [-0.05, 0) is 5.92 Å². The Labute approximate surface area is 57.1 Å². The summed E-state index contributed by atoms with van der Waals surface area (Å²) < 4.78 is 0. The van der Waals surface area contributed by atoms with Crippen LogP contribution in [0, 0.1) is 12.3 Å². The number of urea groups is 1. The van der Waals surface area contributed by atoms with Crippen LogP contribution in [0.4, 0.5) is 4.79 Å². The molecule has 0 spiro atoms. The van der Waals surface area contributed by atoms with Crippen molar-refractivity contribution >= 4 is 6.03 Å². The molecule has 6 heteroatoms. The average Bonchev–Trinajstić information content (AvgIpc) is 1.63. The van der Waals surface area contributed by atoms with Crippen molar-refractivity contribution in [3.05, 3.63) is 0 Å². The molecule has 7 N–H and O–H groups in total. The summed E-state index contributed by atoms with van der Waals surface area (Å²) in [6.07, 6.45) is 4.31. The average molecular weight is 148 g/mol. The van der Waals surface area contributed by atoms with Gasteiger partial charge >= 0.3 is 12.0 Å². The lowest BCUT2D eigenvalue weighted by atomic mass is 10.6. The zero-order valence-corrected chi connectivity index (χ0v) is 4.98. The predicted molar refractivity (Wildman–Crippen MR) is 32.0 cm³/mol. The molecule has 2 amide bonds. The van der Waals surface area contributed by atoms with E-state index in [4.69, 9.17) is 20.1 Å². The number of terminal acetylenes is 1. The normalized spacial score (nSPS) is 8.60. The molecule has 0 saturated carbocycles. The van der Waals surface area contributed by atoms with E-state index in [0.717, 1.165) is 0 Å². The Morgan fingerprint density at radius 2 is 1.50 bits per heavy atom. The van der Waals surface area contributed by atoms with E-state index in [1.165, 1.54) is 5.92 Å². The van der Waals surface area contributed by atoms with Gasteiger partial charge in [0.2, 0.25) is 0 Å². The van der Waals surface area contributed by atoms with Crippen LogP contribution in [0.3, 0.4) is 0 Å². The third-order valence-corrected chi connectivity index (χ3v) is 0.194. The number of primary amides is 2. The van der Waals surface area contributed by atoms with Crippen molar-refractivity contribution in [1.82, 2.24) is 0 Å². The van der Waals surface area contributed by atoms with E-state index in [-0.39, 0.29) is 0 Å². The molecule has 0 fully saturated rings. The summed E-state index contributed by atoms with van der Waals surface area (Å²) in [5, 5.41) is 23.1. The minimum absolute atomic E-state index is 0.833. The second-order valence-electron chi connectivity index (χ2n) is 1.18. The maximum atomic E-state index is 9.00. The number of hydrogen-bond acceptors (Lipinski definition) is 4. The highest BCUT2D eigenvalue weighted by molar-refractivity contribution is 5.69. The topological polar surface area (TPSA) is 130 Å². The van der Waals surface area contributed by atoms with Gasteiger partial charge in [-0.15, -0.1) is 6.42 Å². The van der Waals surface area contributed by atoms with Gasteiger partial charge in [-0.25, -0.2) is 4.79 Å². The molecule has 0 rings (SSSR count). The van der Waals surface area contributed by atoms with Crippen molar-refractivity contribution in [2.24, 2.45) is 11.5 Å². The quantitative estimate of drug-likeness (QED) is 0.188. The molecule has 10 heavy (non-hydrogen) atoms. The first kappa shape index (κ1) is 11.5. The van der Waals surface area contributed by atoms with E-state index in [2.05, 4.69) is 17.9 Å². The van der Waals surface area contributed by atoms with Crippen LogP contribution in [0.1, 0.15) is 0 Å². The molecule has 0 aliphatic rings. The number of hydrogen-bond donors (Lipinski definition) is 5. The molecule has 0 radical (unpaired) electrons. The number of carbonyl (C=O) groups is 1. The van der Waals surface area contributed by atoms with Gasteiger partial charge in [-0.2, -0.15) is 0 Å². The molecule has 58 valence electrons. The van der Waals surface area contributed by atoms with Crippen molar-refractivity contribution in [3.63, 3.8) is 0 Å². The monoisotopic (exact) mass is 148 g/mol. The van der Waals surface area contributed by atoms with E-state index >= 15 is 0 Å². The van der Waals surface area contributed by atoms with Gasteiger partial charge in [0.05, 0.1) is 0 Å². The number of carbonyl (C=O) groups excluding carboxylic acids is 1. The van der Waals surface area contributed by atoms with Crippen LogP contribution in [0.2, 0.25) is 0 Å². The summed E-state index contributed by atoms with van der Waals surface area (Å²) >= 11 is 0. The van der Waals surface area contributed by atoms with Crippen LogP contribution in [-0.4, -0.2) is 27.3 Å². The summed E-state index contributed by atoms with van der Waals surface area (Å²) in [5.74, 6) is -1.66. The van der Waals surface area contributed by atoms with Crippen LogP contribution in [0.5, 0.6) is 0 Å². The lowest BCUT2D eigenvalue weighted by Gasteiger charge is -2.00. The van der Waals surface area contributed by atoms with Gasteiger partial charge in [0.15, 0.2) is 0 Å². The van der Waals surface area contributed by atoms with E-state index in [0.29, 0.717) is 0 Å². The van der Waals surface area contributed by atoms with Gasteiger partial charge < -0.3 is 26.8 Å². The Morgan fingerprint density at radius 3 is 1.50 bits per heavy atom. The second kappa shape index (κ2) is 4.58. The van der Waals surface area contributed by atoms with E-state index < -0.39 is 12.0 Å². The highest BCUT2D eigenvalue weighted by atomic mass is 16.7. The van der Waals surface area contributed by atoms with E-state index in [9.17, 15) is 0 Å². The third-order valence-electron chi connectivity index (χ3n) is 0.194. The molecule has 0 aliphatic heterocycles. The second-order valence-corrected chi connectivity index (χ2v) is 1.18. The molecule has 0 bridgehead atoms. The largest absolute Gasteiger partial charge is 0.352 e. The number of rotatable bonds is 0. The smallest absolute Gasteiger partial charge is 0.345 e. The lowest BCUT2D eigenvalue weighted by Crippen LogP contribution is -2.23. The summed E-state index contributed by atoms with van der Waals surface area (Å²) in [6, 6.07) is -0.833. The maximum Gasteiger partial charge on any atom is 0.345 e. The zero-order valence-electron chi connectivity index (χ0n) is 4.98. The van der Waals surface area contributed by atoms with Gasteiger partial charge in [0.1, 0.15) is 0 Å². The molecule has 0 aromatic carbocycles. The number of amides is 2. The molecule has 0 heterocycles. The molecule has 0 saturated heterocycles. The van der Waals surface area contributed by atoms with Crippen LogP contribution < -0.4 is 11.5 Å². The van der Waals surface area contributed by atoms with Gasteiger partial charge in [0.25, 0.3) is 0 Å². The highest BCUT2D eigenvalue weighted by Crippen LogP contribution is 1.83. The molecular weight excluding hydrogens is 140 g/mol. The minimum atomic E-state index is -2.93. The molecule has 6 nitrogen and oxygen atoms in total. The van der Waals surface area contributed by atoms with Crippen molar-refractivity contribution in [3.8, 4) is 12.3 Å². The standard InChI is InChI=1S/C3H4O3.CH4N2O/c1-2-3(4,5)6;2-1(3)4/h1,4-6H;(H4,2,3,4). The molecule has 0 aromatic rings. The fraction of sp³-hybridized carbons (Fsp3) is 0.250. The SMILES string of the molecule is C#CC(O)(O)O.NC(N)=O. The van der Waals surface area contributed by atoms with Gasteiger partial charge in [-0.1, -0.05) is 0 Å². The van der Waals surface area contributed by atoms with Crippen LogP contribution in [0.25, 0.3) is 0 Å². The Kier molecular flexibility index (Phi) is 5.26. The van der Waals surface area contributed by atoms with Crippen molar-refractivity contribution in [2.75, 3.05) is 0 Å². The van der Waals surface area contributed by atoms with Crippen molar-refractivity contribution in [1.29, 1.82) is 0 Å². The lowest BCUT2D eigenvalue weighted by molar-refractivity contribution is -0.265. The summed E-state index contributed by atoms with van der Waals surface area (Å²) in [6.45, 7) is 0. The first-order valence-corrected chi connectivity index (χ1v) is 1.99. The molecule has 0 aromatic heterocycles. The van der Waals surface area contributed by atoms with Crippen LogP contribution in [-0.2, 0) is 0 Å². The minimum Gasteiger partial charge on any atom is -0.352 e. The van der Waals surface area contributed by atoms with E-state index in [1.807, 2.05) is 0 Å². The fourth-order valence-electron chi connectivity index (χ4n) is 0. The Morgan fingerprint density at radius 1 is 1.40 bits per heavy atom. The summed E-state index contributed by atoms with van der Waals surface area (Å²) in [5.41, 5.74) is 8.50. The third kappa shape index (κ3) is 74.8. The zero-order chi connectivity index (χ0) is 8.78.